The number of hydrogen-bond acceptors (Lipinski definition) is 8. The third-order valence-corrected chi connectivity index (χ3v) is 6.16. The average molecular weight is 500 g/mol. The van der Waals surface area contributed by atoms with E-state index in [0.717, 1.165) is 10.1 Å². The van der Waals surface area contributed by atoms with E-state index in [4.69, 9.17) is 13.9 Å². The van der Waals surface area contributed by atoms with Crippen molar-refractivity contribution in [2.45, 2.75) is 26.9 Å². The molecule has 10 nitrogen and oxygen atoms in total. The topological polar surface area (TPSA) is 114 Å². The molecule has 0 unspecified atom stereocenters. The van der Waals surface area contributed by atoms with Gasteiger partial charge in [-0.3, -0.25) is 13.9 Å². The third kappa shape index (κ3) is 4.26. The standard InChI is InChI=1S/C27H25N5O5/c1-5-31-24-20(14-28-23(30-24)17-10-12-18(35-3)13-11-17)26(33)32(27(31)34)15-21-16(2)37-25(29-21)19-8-6-7-9-22(19)36-4/h6-14H,5,15H2,1-4H3. The number of ether oxygens (including phenoxy) is 2. The second kappa shape index (κ2) is 9.73. The van der Waals surface area contributed by atoms with Crippen LogP contribution in [0.5, 0.6) is 11.5 Å². The molecule has 0 aliphatic carbocycles. The van der Waals surface area contributed by atoms with Crippen molar-refractivity contribution in [2.24, 2.45) is 0 Å². The number of aromatic nitrogens is 5. The zero-order valence-corrected chi connectivity index (χ0v) is 20.9. The maximum Gasteiger partial charge on any atom is 0.333 e. The molecule has 0 radical (unpaired) electrons. The van der Waals surface area contributed by atoms with Gasteiger partial charge in [0.15, 0.2) is 11.5 Å². The summed E-state index contributed by atoms with van der Waals surface area (Å²) in [6.45, 7) is 3.83. The van der Waals surface area contributed by atoms with Crippen LogP contribution in [0.1, 0.15) is 18.4 Å². The summed E-state index contributed by atoms with van der Waals surface area (Å²) in [5.41, 5.74) is 1.19. The van der Waals surface area contributed by atoms with Crippen LogP contribution in [0.3, 0.4) is 0 Å². The number of rotatable bonds is 7. The fourth-order valence-corrected chi connectivity index (χ4v) is 4.16. The lowest BCUT2D eigenvalue weighted by molar-refractivity contribution is 0.414. The summed E-state index contributed by atoms with van der Waals surface area (Å²) in [5.74, 6) is 2.57. The average Bonchev–Trinajstić information content (AvgIpc) is 3.30. The fraction of sp³-hybridized carbons (Fsp3) is 0.222. The first-order valence-corrected chi connectivity index (χ1v) is 11.7. The van der Waals surface area contributed by atoms with Crippen LogP contribution in [0.2, 0.25) is 0 Å². The molecule has 0 aliphatic heterocycles. The van der Waals surface area contributed by atoms with Crippen molar-refractivity contribution in [1.29, 1.82) is 0 Å². The Morgan fingerprint density at radius 1 is 0.946 bits per heavy atom. The van der Waals surface area contributed by atoms with Crippen molar-refractivity contribution in [3.8, 4) is 34.3 Å². The highest BCUT2D eigenvalue weighted by atomic mass is 16.5. The Morgan fingerprint density at radius 2 is 1.70 bits per heavy atom. The minimum absolute atomic E-state index is 0.0572. The summed E-state index contributed by atoms with van der Waals surface area (Å²) in [6, 6.07) is 14.6. The van der Waals surface area contributed by atoms with E-state index < -0.39 is 11.2 Å². The summed E-state index contributed by atoms with van der Waals surface area (Å²) in [5, 5.41) is 0.241. The Bertz CT molecular complexity index is 1720. The van der Waals surface area contributed by atoms with E-state index in [1.165, 1.54) is 10.8 Å². The lowest BCUT2D eigenvalue weighted by atomic mass is 10.2. The van der Waals surface area contributed by atoms with Gasteiger partial charge in [0.2, 0.25) is 5.89 Å². The molecule has 188 valence electrons. The van der Waals surface area contributed by atoms with E-state index in [2.05, 4.69) is 15.0 Å². The van der Waals surface area contributed by atoms with E-state index in [0.29, 0.717) is 46.8 Å². The zero-order valence-electron chi connectivity index (χ0n) is 20.9. The van der Waals surface area contributed by atoms with Crippen molar-refractivity contribution >= 4 is 11.0 Å². The summed E-state index contributed by atoms with van der Waals surface area (Å²) < 4.78 is 19.1. The highest BCUT2D eigenvalue weighted by Gasteiger charge is 2.20. The summed E-state index contributed by atoms with van der Waals surface area (Å²) in [6.07, 6.45) is 1.46. The Labute approximate surface area is 211 Å². The predicted octanol–water partition coefficient (Wildman–Crippen LogP) is 3.67. The van der Waals surface area contributed by atoms with Gasteiger partial charge in [0.1, 0.15) is 28.3 Å². The number of aryl methyl sites for hydroxylation is 2. The van der Waals surface area contributed by atoms with Crippen molar-refractivity contribution in [3.63, 3.8) is 0 Å². The molecule has 5 rings (SSSR count). The molecule has 0 N–H and O–H groups in total. The van der Waals surface area contributed by atoms with Crippen LogP contribution in [-0.4, -0.2) is 38.3 Å². The smallest absolute Gasteiger partial charge is 0.333 e. The lowest BCUT2D eigenvalue weighted by Crippen LogP contribution is -2.40. The molecule has 2 aromatic carbocycles. The highest BCUT2D eigenvalue weighted by Crippen LogP contribution is 2.30. The molecular weight excluding hydrogens is 474 g/mol. The van der Waals surface area contributed by atoms with Gasteiger partial charge in [-0.15, -0.1) is 0 Å². The number of nitrogens with zero attached hydrogens (tertiary/aromatic N) is 5. The van der Waals surface area contributed by atoms with Gasteiger partial charge in [0, 0.05) is 18.3 Å². The van der Waals surface area contributed by atoms with Gasteiger partial charge in [-0.25, -0.2) is 19.7 Å². The first kappa shape index (κ1) is 24.0. The predicted molar refractivity (Wildman–Crippen MR) is 138 cm³/mol. The first-order chi connectivity index (χ1) is 17.9. The lowest BCUT2D eigenvalue weighted by Gasteiger charge is -2.12. The second-order valence-corrected chi connectivity index (χ2v) is 8.30. The van der Waals surface area contributed by atoms with Gasteiger partial charge in [0.25, 0.3) is 5.56 Å². The molecule has 3 heterocycles. The van der Waals surface area contributed by atoms with Crippen molar-refractivity contribution in [3.05, 3.63) is 87.0 Å². The van der Waals surface area contributed by atoms with E-state index in [1.807, 2.05) is 43.3 Å². The Balaban J connectivity index is 1.59. The van der Waals surface area contributed by atoms with Crippen molar-refractivity contribution in [2.75, 3.05) is 14.2 Å². The number of fused-ring (bicyclic) bond motifs is 1. The highest BCUT2D eigenvalue weighted by molar-refractivity contribution is 5.75. The van der Waals surface area contributed by atoms with Gasteiger partial charge < -0.3 is 13.9 Å². The number of benzene rings is 2. The quantitative estimate of drug-likeness (QED) is 0.333. The van der Waals surface area contributed by atoms with Crippen LogP contribution in [0.4, 0.5) is 0 Å². The molecule has 0 fully saturated rings. The molecule has 5 aromatic rings. The number of oxazole rings is 1. The minimum atomic E-state index is -0.493. The normalized spacial score (nSPS) is 11.1. The number of methoxy groups -OCH3 is 2. The molecular formula is C27H25N5O5. The minimum Gasteiger partial charge on any atom is -0.497 e. The van der Waals surface area contributed by atoms with Crippen LogP contribution in [0, 0.1) is 6.92 Å². The maximum atomic E-state index is 13.4. The molecule has 37 heavy (non-hydrogen) atoms. The van der Waals surface area contributed by atoms with Crippen LogP contribution in [0.25, 0.3) is 33.9 Å². The van der Waals surface area contributed by atoms with E-state index in [-0.39, 0.29) is 17.6 Å². The van der Waals surface area contributed by atoms with Crippen LogP contribution >= 0.6 is 0 Å². The van der Waals surface area contributed by atoms with E-state index in [1.54, 1.807) is 33.3 Å². The second-order valence-electron chi connectivity index (χ2n) is 8.30. The van der Waals surface area contributed by atoms with Crippen LogP contribution < -0.4 is 20.7 Å². The fourth-order valence-electron chi connectivity index (χ4n) is 4.16. The van der Waals surface area contributed by atoms with Gasteiger partial charge >= 0.3 is 5.69 Å². The first-order valence-electron chi connectivity index (χ1n) is 11.7. The Hall–Kier alpha value is -4.73. The van der Waals surface area contributed by atoms with E-state index in [9.17, 15) is 9.59 Å². The Kier molecular flexibility index (Phi) is 6.31. The molecule has 0 amide bonds. The number of hydrogen-bond donors (Lipinski definition) is 0. The van der Waals surface area contributed by atoms with Gasteiger partial charge in [-0.1, -0.05) is 12.1 Å². The van der Waals surface area contributed by atoms with Crippen molar-refractivity contribution in [1.82, 2.24) is 24.1 Å². The van der Waals surface area contributed by atoms with Gasteiger partial charge in [0.05, 0.1) is 26.3 Å². The monoisotopic (exact) mass is 499 g/mol. The van der Waals surface area contributed by atoms with Crippen molar-refractivity contribution < 1.29 is 13.9 Å². The molecule has 0 bridgehead atoms. The third-order valence-electron chi connectivity index (χ3n) is 6.16. The van der Waals surface area contributed by atoms with Gasteiger partial charge in [-0.2, -0.15) is 0 Å². The summed E-state index contributed by atoms with van der Waals surface area (Å²) in [4.78, 5) is 40.4. The molecule has 10 heteroatoms. The maximum absolute atomic E-state index is 13.4. The van der Waals surface area contributed by atoms with Crippen LogP contribution in [0.15, 0.2) is 68.7 Å². The van der Waals surface area contributed by atoms with Crippen LogP contribution in [-0.2, 0) is 13.1 Å². The molecule has 3 aromatic heterocycles. The summed E-state index contributed by atoms with van der Waals surface area (Å²) in [7, 11) is 3.16. The molecule has 0 saturated heterocycles. The number of para-hydroxylation sites is 1. The molecule has 0 spiro atoms. The molecule has 0 aliphatic rings. The summed E-state index contributed by atoms with van der Waals surface area (Å²) >= 11 is 0. The Morgan fingerprint density at radius 3 is 2.41 bits per heavy atom. The molecule has 0 saturated carbocycles. The zero-order chi connectivity index (χ0) is 26.1. The van der Waals surface area contributed by atoms with E-state index >= 15 is 0 Å². The molecule has 0 atom stereocenters. The van der Waals surface area contributed by atoms with Gasteiger partial charge in [-0.05, 0) is 50.2 Å². The largest absolute Gasteiger partial charge is 0.497 e. The SMILES string of the molecule is CCn1c(=O)n(Cc2nc(-c3ccccc3OC)oc2C)c(=O)c2cnc(-c3ccc(OC)cc3)nc21.